The van der Waals surface area contributed by atoms with Gasteiger partial charge >= 0.3 is 6.36 Å². The molecule has 0 heterocycles. The molecule has 3 aliphatic carbocycles. The van der Waals surface area contributed by atoms with Crippen LogP contribution in [0.4, 0.5) is 22.0 Å². The zero-order valence-electron chi connectivity index (χ0n) is 33.4. The van der Waals surface area contributed by atoms with E-state index in [0.717, 1.165) is 23.3 Å². The van der Waals surface area contributed by atoms with Crippen LogP contribution in [-0.4, -0.2) is 69.9 Å². The van der Waals surface area contributed by atoms with Gasteiger partial charge in [-0.1, -0.05) is 73.2 Å². The van der Waals surface area contributed by atoms with Crippen LogP contribution in [-0.2, 0) is 24.3 Å². The third-order valence-corrected chi connectivity index (χ3v) is 12.0. The number of aliphatic hydroxyl groups excluding tert-OH is 2. The molecule has 0 radical (unpaired) electrons. The van der Waals surface area contributed by atoms with Crippen molar-refractivity contribution in [2.24, 2.45) is 5.41 Å². The predicted molar refractivity (Wildman–Crippen MR) is 214 cm³/mol. The van der Waals surface area contributed by atoms with E-state index in [1.807, 2.05) is 61.2 Å². The second-order valence-corrected chi connectivity index (χ2v) is 16.4. The lowest BCUT2D eigenvalue weighted by molar-refractivity contribution is -0.274. The van der Waals surface area contributed by atoms with Gasteiger partial charge in [-0.15, -0.1) is 13.2 Å². The van der Waals surface area contributed by atoms with Gasteiger partial charge in [-0.25, -0.2) is 8.78 Å². The number of nitrogens with zero attached hydrogens (tertiary/aromatic N) is 1. The van der Waals surface area contributed by atoms with Crippen LogP contribution in [0.15, 0.2) is 103 Å². The lowest BCUT2D eigenvalue weighted by Gasteiger charge is -2.46. The average Bonchev–Trinajstić information content (AvgIpc) is 3.43. The van der Waals surface area contributed by atoms with Gasteiger partial charge in [-0.3, -0.25) is 9.69 Å². The predicted octanol–water partition coefficient (Wildman–Crippen LogP) is 9.21. The van der Waals surface area contributed by atoms with E-state index in [4.69, 9.17) is 4.74 Å². The fourth-order valence-corrected chi connectivity index (χ4v) is 8.84. The summed E-state index contributed by atoms with van der Waals surface area (Å²) in [6.45, 7) is 4.58. The summed E-state index contributed by atoms with van der Waals surface area (Å²) in [5, 5.41) is 35.3. The van der Waals surface area contributed by atoms with Crippen molar-refractivity contribution in [2.45, 2.75) is 102 Å². The van der Waals surface area contributed by atoms with Crippen LogP contribution in [0.5, 0.6) is 5.75 Å². The summed E-state index contributed by atoms with van der Waals surface area (Å²) in [7, 11) is 0. The van der Waals surface area contributed by atoms with Gasteiger partial charge in [0.1, 0.15) is 5.75 Å². The number of carbonyl (C=O) groups is 1. The van der Waals surface area contributed by atoms with E-state index in [0.29, 0.717) is 55.2 Å². The monoisotopic (exact) mass is 821 g/mol. The Bertz CT molecular complexity index is 2080. The van der Waals surface area contributed by atoms with Crippen molar-refractivity contribution in [3.05, 3.63) is 148 Å². The highest BCUT2D eigenvalue weighted by atomic mass is 19.4. The number of alkyl halides is 3. The zero-order chi connectivity index (χ0) is 42.4. The molecule has 7 nitrogen and oxygen atoms in total. The molecule has 12 heteroatoms. The Morgan fingerprint density at radius 3 is 2.39 bits per heavy atom. The molecule has 1 fully saturated rings. The molecule has 59 heavy (non-hydrogen) atoms. The van der Waals surface area contributed by atoms with Gasteiger partial charge in [0.25, 0.3) is 0 Å². The largest absolute Gasteiger partial charge is 0.573 e. The number of ether oxygens (including phenoxy) is 2. The number of hydrogen-bond acceptors (Lipinski definition) is 7. The van der Waals surface area contributed by atoms with E-state index >= 15 is 0 Å². The molecule has 0 spiro atoms. The fourth-order valence-electron chi connectivity index (χ4n) is 8.84. The second kappa shape index (κ2) is 18.9. The summed E-state index contributed by atoms with van der Waals surface area (Å²) < 4.78 is 77.2. The van der Waals surface area contributed by atoms with E-state index in [9.17, 15) is 42.1 Å². The highest BCUT2D eigenvalue weighted by molar-refractivity contribution is 6.10. The third-order valence-electron chi connectivity index (χ3n) is 12.0. The summed E-state index contributed by atoms with van der Waals surface area (Å²) in [5.74, 6) is -3.48. The van der Waals surface area contributed by atoms with Crippen LogP contribution in [0.25, 0.3) is 0 Å². The number of rotatable bonds is 13. The molecule has 0 saturated heterocycles. The standard InChI is InChI=1S/C47H52F5NO6/c1-31-7-6-21-45(2)41(39-18-13-34(23-36(54)15-10-31)24-40(39)44(56)35-14-19-42(48)43(49)25-35)20-22-46(45,57)30-53(26-32-11-16-38(17-12-32)59-47(50,51)52)27-37(55)29-58-28-33-8-4-3-5-9-33/h3-5,7-9,11-14,16-19,24-25,36-37,41,54-55,57H,6,10,15,20-23,26-30H2,1-2H3/t36-,37+,41-,45-,46+/m0/s1. The maximum atomic E-state index is 14.5. The highest BCUT2D eigenvalue weighted by Gasteiger charge is 2.57. The van der Waals surface area contributed by atoms with Crippen LogP contribution in [0, 0.1) is 17.0 Å². The molecule has 5 atom stereocenters. The Balaban J connectivity index is 1.35. The van der Waals surface area contributed by atoms with Crippen molar-refractivity contribution in [2.75, 3.05) is 19.7 Å². The minimum atomic E-state index is -4.85. The average molecular weight is 822 g/mol. The maximum absolute atomic E-state index is 14.5. The first-order valence-electron chi connectivity index (χ1n) is 20.1. The van der Waals surface area contributed by atoms with E-state index in [-0.39, 0.29) is 62.1 Å². The molecule has 4 aromatic rings. The first-order valence-corrected chi connectivity index (χ1v) is 20.1. The van der Waals surface area contributed by atoms with Crippen molar-refractivity contribution < 1.29 is 51.5 Å². The molecule has 4 aromatic carbocycles. The Hall–Kier alpha value is -4.46. The second-order valence-electron chi connectivity index (χ2n) is 16.4. The van der Waals surface area contributed by atoms with Crippen molar-refractivity contribution in [3.63, 3.8) is 0 Å². The Morgan fingerprint density at radius 1 is 0.932 bits per heavy atom. The van der Waals surface area contributed by atoms with Crippen LogP contribution in [0.2, 0.25) is 0 Å². The number of fused-ring (bicyclic) bond motifs is 8. The normalized spacial score (nSPS) is 23.1. The number of hydrogen-bond donors (Lipinski definition) is 3. The lowest BCUT2D eigenvalue weighted by atomic mass is 9.64. The molecule has 3 N–H and O–H groups in total. The summed E-state index contributed by atoms with van der Waals surface area (Å²) in [6.07, 6.45) is -1.11. The fraction of sp³-hybridized carbons (Fsp3) is 0.426. The van der Waals surface area contributed by atoms with Gasteiger partial charge in [0.15, 0.2) is 17.4 Å². The van der Waals surface area contributed by atoms with Crippen LogP contribution in [0.3, 0.4) is 0 Å². The van der Waals surface area contributed by atoms with Gasteiger partial charge in [0.2, 0.25) is 0 Å². The lowest BCUT2D eigenvalue weighted by Crippen LogP contribution is -2.53. The minimum Gasteiger partial charge on any atom is -0.406 e. The molecule has 1 saturated carbocycles. The van der Waals surface area contributed by atoms with Gasteiger partial charge in [0, 0.05) is 36.2 Å². The van der Waals surface area contributed by atoms with E-state index in [1.54, 1.807) is 6.07 Å². The van der Waals surface area contributed by atoms with Crippen LogP contribution >= 0.6 is 0 Å². The maximum Gasteiger partial charge on any atom is 0.573 e. The number of aliphatic hydroxyl groups is 3. The highest BCUT2D eigenvalue weighted by Crippen LogP contribution is 2.59. The third kappa shape index (κ3) is 11.2. The van der Waals surface area contributed by atoms with E-state index in [1.165, 1.54) is 30.3 Å². The number of carbonyl (C=O) groups excluding carboxylic acids is 1. The van der Waals surface area contributed by atoms with Gasteiger partial charge in [0.05, 0.1) is 31.0 Å². The van der Waals surface area contributed by atoms with Crippen LogP contribution in [0.1, 0.15) is 96.5 Å². The van der Waals surface area contributed by atoms with Crippen molar-refractivity contribution in [1.82, 2.24) is 4.90 Å². The molecule has 0 amide bonds. The number of halogens is 5. The molecular formula is C47H52F5NO6. The Morgan fingerprint density at radius 2 is 1.68 bits per heavy atom. The topological polar surface area (TPSA) is 99.5 Å². The van der Waals surface area contributed by atoms with E-state index in [2.05, 4.69) is 10.8 Å². The van der Waals surface area contributed by atoms with Gasteiger partial charge in [-0.05, 0) is 116 Å². The molecule has 0 aromatic heterocycles. The molecular weight excluding hydrogens is 770 g/mol. The van der Waals surface area contributed by atoms with Crippen LogP contribution < -0.4 is 4.74 Å². The zero-order valence-corrected chi connectivity index (χ0v) is 33.4. The number of benzene rings is 4. The quantitative estimate of drug-likeness (QED) is 0.0703. The molecule has 7 rings (SSSR count). The van der Waals surface area contributed by atoms with Gasteiger partial charge in [-0.2, -0.15) is 0 Å². The first kappa shape index (κ1) is 44.1. The van der Waals surface area contributed by atoms with Crippen molar-refractivity contribution >= 4 is 5.78 Å². The molecule has 0 unspecified atom stereocenters. The van der Waals surface area contributed by atoms with Crippen molar-refractivity contribution in [1.29, 1.82) is 0 Å². The Kier molecular flexibility index (Phi) is 14.1. The SMILES string of the molecule is CC1=CCC[C@@]2(C)[C@@H](CC[C@@]2(O)CN(Cc2ccc(OC(F)(F)F)cc2)C[C@@H](O)COCc2ccccc2)c2ccc(cc2C(=O)c2ccc(F)c(F)c2)C[C@@H](O)CC1. The smallest absolute Gasteiger partial charge is 0.406 e. The van der Waals surface area contributed by atoms with Crippen molar-refractivity contribution in [3.8, 4) is 5.75 Å². The number of ketones is 1. The number of allylic oxidation sites excluding steroid dienone is 2. The summed E-state index contributed by atoms with van der Waals surface area (Å²) in [5.41, 5.74) is 1.99. The Labute approximate surface area is 342 Å². The summed E-state index contributed by atoms with van der Waals surface area (Å²) >= 11 is 0. The molecule has 316 valence electrons. The molecule has 2 bridgehead atoms. The minimum absolute atomic E-state index is 0.0113. The van der Waals surface area contributed by atoms with E-state index < -0.39 is 47.0 Å². The summed E-state index contributed by atoms with van der Waals surface area (Å²) in [6, 6.07) is 23.5. The summed E-state index contributed by atoms with van der Waals surface area (Å²) in [4.78, 5) is 16.2. The van der Waals surface area contributed by atoms with Gasteiger partial charge < -0.3 is 24.8 Å². The first-order chi connectivity index (χ1) is 28.0. The molecule has 0 aliphatic heterocycles. The molecule has 3 aliphatic rings.